The van der Waals surface area contributed by atoms with Crippen LogP contribution in [0.1, 0.15) is 6.92 Å². The van der Waals surface area contributed by atoms with Gasteiger partial charge in [0.2, 0.25) is 0 Å². The highest BCUT2D eigenvalue weighted by Gasteiger charge is 2.33. The molecule has 9 heavy (non-hydrogen) atoms. The summed E-state index contributed by atoms with van der Waals surface area (Å²) in [5.74, 6) is 0.150. The van der Waals surface area contributed by atoms with E-state index in [2.05, 4.69) is 6.58 Å². The molecule has 3 unspecified atom stereocenters. The molecule has 3 atom stereocenters. The van der Waals surface area contributed by atoms with Crippen molar-refractivity contribution in [2.24, 2.45) is 5.92 Å². The van der Waals surface area contributed by atoms with Crippen LogP contribution in [-0.4, -0.2) is 23.9 Å². The monoisotopic (exact) mass is 128 g/mol. The molecule has 52 valence electrons. The van der Waals surface area contributed by atoms with Gasteiger partial charge in [0.25, 0.3) is 0 Å². The molecule has 0 radical (unpaired) electrons. The number of aliphatic hydroxyl groups excluding tert-OH is 1. The molecule has 0 spiro atoms. The Morgan fingerprint density at radius 1 is 1.89 bits per heavy atom. The van der Waals surface area contributed by atoms with Crippen LogP contribution in [0.5, 0.6) is 0 Å². The Balaban J connectivity index is 2.30. The molecule has 1 saturated heterocycles. The van der Waals surface area contributed by atoms with Gasteiger partial charge < -0.3 is 9.84 Å². The molecule has 1 rings (SSSR count). The van der Waals surface area contributed by atoms with Gasteiger partial charge in [0.05, 0.1) is 12.7 Å². The normalized spacial score (nSPS) is 31.1. The van der Waals surface area contributed by atoms with Gasteiger partial charge >= 0.3 is 0 Å². The second-order valence-corrected chi connectivity index (χ2v) is 2.46. The van der Waals surface area contributed by atoms with Gasteiger partial charge in [-0.25, -0.2) is 0 Å². The fraction of sp³-hybridized carbons (Fsp3) is 0.714. The SMILES string of the molecule is C=CC(C)C(O)C1CO1. The minimum absolute atomic E-state index is 0.0815. The van der Waals surface area contributed by atoms with E-state index in [1.165, 1.54) is 0 Å². The summed E-state index contributed by atoms with van der Waals surface area (Å²) in [5, 5.41) is 9.26. The number of hydrogen-bond acceptors (Lipinski definition) is 2. The summed E-state index contributed by atoms with van der Waals surface area (Å²) in [6.45, 7) is 6.21. The maximum Gasteiger partial charge on any atom is 0.107 e. The van der Waals surface area contributed by atoms with E-state index < -0.39 is 0 Å². The first-order chi connectivity index (χ1) is 4.25. The van der Waals surface area contributed by atoms with Crippen molar-refractivity contribution in [3.8, 4) is 0 Å². The average molecular weight is 128 g/mol. The predicted octanol–water partition coefficient (Wildman–Crippen LogP) is 0.568. The van der Waals surface area contributed by atoms with E-state index in [0.717, 1.165) is 0 Å². The lowest BCUT2D eigenvalue weighted by Crippen LogP contribution is -2.21. The molecule has 2 heteroatoms. The number of epoxide rings is 1. The van der Waals surface area contributed by atoms with Crippen LogP contribution in [0.25, 0.3) is 0 Å². The summed E-state index contributed by atoms with van der Waals surface area (Å²) in [4.78, 5) is 0. The first-order valence-corrected chi connectivity index (χ1v) is 3.18. The first-order valence-electron chi connectivity index (χ1n) is 3.18. The van der Waals surface area contributed by atoms with Gasteiger partial charge in [-0.15, -0.1) is 6.58 Å². The molecule has 1 aliphatic heterocycles. The summed E-state index contributed by atoms with van der Waals surface area (Å²) in [6.07, 6.45) is 1.48. The molecule has 0 amide bonds. The van der Waals surface area contributed by atoms with Crippen LogP contribution >= 0.6 is 0 Å². The van der Waals surface area contributed by atoms with Crippen molar-refractivity contribution in [2.45, 2.75) is 19.1 Å². The number of aliphatic hydroxyl groups is 1. The molecule has 0 aromatic heterocycles. The Morgan fingerprint density at radius 3 is 2.78 bits per heavy atom. The van der Waals surface area contributed by atoms with Gasteiger partial charge in [0, 0.05) is 5.92 Å². The molecule has 1 aliphatic rings. The standard InChI is InChI=1S/C7H12O2/c1-3-5(2)7(8)6-4-9-6/h3,5-8H,1,4H2,2H3. The Labute approximate surface area is 55.1 Å². The van der Waals surface area contributed by atoms with Gasteiger partial charge in [0.1, 0.15) is 6.10 Å². The molecule has 0 aromatic rings. The molecule has 1 N–H and O–H groups in total. The zero-order valence-corrected chi connectivity index (χ0v) is 5.58. The fourth-order valence-electron chi connectivity index (χ4n) is 0.731. The Hall–Kier alpha value is -0.340. The minimum Gasteiger partial charge on any atom is -0.390 e. The lowest BCUT2D eigenvalue weighted by Gasteiger charge is -2.10. The molecule has 2 nitrogen and oxygen atoms in total. The molecule has 0 aromatic carbocycles. The number of rotatable bonds is 3. The Morgan fingerprint density at radius 2 is 2.44 bits per heavy atom. The van der Waals surface area contributed by atoms with E-state index >= 15 is 0 Å². The van der Waals surface area contributed by atoms with Crippen molar-refractivity contribution < 1.29 is 9.84 Å². The quantitative estimate of drug-likeness (QED) is 0.445. The second kappa shape index (κ2) is 2.50. The van der Waals surface area contributed by atoms with Gasteiger partial charge in [-0.05, 0) is 0 Å². The van der Waals surface area contributed by atoms with Crippen molar-refractivity contribution in [3.63, 3.8) is 0 Å². The van der Waals surface area contributed by atoms with Crippen LogP contribution in [-0.2, 0) is 4.74 Å². The molecule has 0 saturated carbocycles. The number of ether oxygens (including phenoxy) is 1. The average Bonchev–Trinajstić information content (AvgIpc) is 2.66. The summed E-state index contributed by atoms with van der Waals surface area (Å²) < 4.78 is 4.90. The van der Waals surface area contributed by atoms with Crippen molar-refractivity contribution >= 4 is 0 Å². The minimum atomic E-state index is -0.345. The van der Waals surface area contributed by atoms with Crippen LogP contribution in [0.3, 0.4) is 0 Å². The highest BCUT2D eigenvalue weighted by atomic mass is 16.6. The third-order valence-electron chi connectivity index (χ3n) is 1.65. The zero-order chi connectivity index (χ0) is 6.85. The molecular formula is C7H12O2. The van der Waals surface area contributed by atoms with E-state index in [-0.39, 0.29) is 18.1 Å². The largest absolute Gasteiger partial charge is 0.390 e. The molecule has 1 fully saturated rings. The van der Waals surface area contributed by atoms with E-state index in [9.17, 15) is 5.11 Å². The highest BCUT2D eigenvalue weighted by molar-refractivity contribution is 4.89. The third-order valence-corrected chi connectivity index (χ3v) is 1.65. The van der Waals surface area contributed by atoms with Crippen molar-refractivity contribution in [3.05, 3.63) is 12.7 Å². The topological polar surface area (TPSA) is 32.8 Å². The van der Waals surface area contributed by atoms with E-state index in [1.54, 1.807) is 6.08 Å². The third kappa shape index (κ3) is 1.53. The summed E-state index contributed by atoms with van der Waals surface area (Å²) in [6, 6.07) is 0. The van der Waals surface area contributed by atoms with Crippen molar-refractivity contribution in [1.29, 1.82) is 0 Å². The lowest BCUT2D eigenvalue weighted by atomic mass is 10.0. The van der Waals surface area contributed by atoms with Crippen LogP contribution < -0.4 is 0 Å². The van der Waals surface area contributed by atoms with Crippen molar-refractivity contribution in [2.75, 3.05) is 6.61 Å². The van der Waals surface area contributed by atoms with Crippen molar-refractivity contribution in [1.82, 2.24) is 0 Å². The smallest absolute Gasteiger partial charge is 0.107 e. The molecule has 0 aliphatic carbocycles. The van der Waals surface area contributed by atoms with E-state index in [4.69, 9.17) is 4.74 Å². The number of hydrogen-bond donors (Lipinski definition) is 1. The fourth-order valence-corrected chi connectivity index (χ4v) is 0.731. The molecule has 1 heterocycles. The van der Waals surface area contributed by atoms with E-state index in [0.29, 0.717) is 6.61 Å². The van der Waals surface area contributed by atoms with Crippen LogP contribution in [0.4, 0.5) is 0 Å². The van der Waals surface area contributed by atoms with Crippen LogP contribution in [0.15, 0.2) is 12.7 Å². The predicted molar refractivity (Wildman–Crippen MR) is 35.1 cm³/mol. The maximum atomic E-state index is 9.26. The summed E-state index contributed by atoms with van der Waals surface area (Å²) >= 11 is 0. The highest BCUT2D eigenvalue weighted by Crippen LogP contribution is 2.20. The summed E-state index contributed by atoms with van der Waals surface area (Å²) in [5.41, 5.74) is 0. The molecule has 0 bridgehead atoms. The maximum absolute atomic E-state index is 9.26. The van der Waals surface area contributed by atoms with Crippen LogP contribution in [0, 0.1) is 5.92 Å². The Bertz CT molecular complexity index is 107. The Kier molecular flexibility index (Phi) is 1.88. The van der Waals surface area contributed by atoms with Gasteiger partial charge in [0.15, 0.2) is 0 Å². The zero-order valence-electron chi connectivity index (χ0n) is 5.58. The lowest BCUT2D eigenvalue weighted by molar-refractivity contribution is 0.103. The van der Waals surface area contributed by atoms with Gasteiger partial charge in [-0.3, -0.25) is 0 Å². The van der Waals surface area contributed by atoms with Gasteiger partial charge in [-0.1, -0.05) is 13.0 Å². The van der Waals surface area contributed by atoms with Crippen LogP contribution in [0.2, 0.25) is 0 Å². The van der Waals surface area contributed by atoms with Gasteiger partial charge in [-0.2, -0.15) is 0 Å². The summed E-state index contributed by atoms with van der Waals surface area (Å²) in [7, 11) is 0. The molecular weight excluding hydrogens is 116 g/mol. The second-order valence-electron chi connectivity index (χ2n) is 2.46. The first kappa shape index (κ1) is 6.78. The van der Waals surface area contributed by atoms with E-state index in [1.807, 2.05) is 6.92 Å².